The molecule has 2 aromatic heterocycles. The Morgan fingerprint density at radius 2 is 1.62 bits per heavy atom. The number of aryl methyl sites for hydroxylation is 2. The fourth-order valence-electron chi connectivity index (χ4n) is 5.90. The fraction of sp³-hybridized carbons (Fsp3) is 0.286. The molecule has 2 aliphatic rings. The van der Waals surface area contributed by atoms with Crippen molar-refractivity contribution in [3.05, 3.63) is 71.5 Å². The Morgan fingerprint density at radius 1 is 0.975 bits per heavy atom. The summed E-state index contributed by atoms with van der Waals surface area (Å²) in [7, 11) is -3.90. The largest absolute Gasteiger partial charge is 0.523 e. The molecular weight excluding hydrogens is 547 g/mol. The van der Waals surface area contributed by atoms with Gasteiger partial charge in [-0.3, -0.25) is 19.1 Å². The molecule has 1 N–H and O–H groups in total. The van der Waals surface area contributed by atoms with E-state index in [1.807, 2.05) is 64.7 Å². The van der Waals surface area contributed by atoms with E-state index in [0.29, 0.717) is 36.2 Å². The molecule has 1 unspecified atom stereocenters. The summed E-state index contributed by atoms with van der Waals surface area (Å²) in [5.74, 6) is -1.67. The van der Waals surface area contributed by atoms with Gasteiger partial charge in [-0.05, 0) is 37.3 Å². The molecule has 0 aliphatic carbocycles. The quantitative estimate of drug-likeness (QED) is 0.216. The molecule has 2 aromatic carbocycles. The van der Waals surface area contributed by atoms with Gasteiger partial charge in [0.25, 0.3) is 11.8 Å². The molecule has 40 heavy (non-hydrogen) atoms. The van der Waals surface area contributed by atoms with Crippen molar-refractivity contribution in [1.82, 2.24) is 14.5 Å². The first-order valence-electron chi connectivity index (χ1n) is 12.7. The predicted octanol–water partition coefficient (Wildman–Crippen LogP) is 4.52. The molecule has 8 nitrogen and oxygen atoms in total. The molecule has 0 bridgehead atoms. The van der Waals surface area contributed by atoms with Gasteiger partial charge in [-0.1, -0.05) is 36.4 Å². The van der Waals surface area contributed by atoms with Gasteiger partial charge in [0.15, 0.2) is 0 Å². The number of benzene rings is 2. The Morgan fingerprint density at radius 3 is 2.35 bits per heavy atom. The molecule has 12 heteroatoms. The number of hydrogen-bond donors (Lipinski definition) is 1. The summed E-state index contributed by atoms with van der Waals surface area (Å²) >= 11 is 0. The highest BCUT2D eigenvalue weighted by Crippen LogP contribution is 2.42. The third kappa shape index (κ3) is 4.13. The first-order chi connectivity index (χ1) is 19.0. The van der Waals surface area contributed by atoms with Gasteiger partial charge in [-0.25, -0.2) is 0 Å². The van der Waals surface area contributed by atoms with Crippen LogP contribution in [0.15, 0.2) is 54.7 Å². The normalized spacial score (nSPS) is 18.4. The zero-order chi connectivity index (χ0) is 28.4. The number of para-hydroxylation sites is 2. The SMILES string of the molecule is Cn1cc(C2=C(c3c4n(c5ccccc35)CCCC(COS(=O)(=O)C(F)(F)F)C4)C(=O)NC2=O)c2ccccc21. The standard InChI is InChI=1S/C28H24F3N3O5S/c1-33-14-19(17-8-2-4-10-20(17)33)24-25(27(36)32-26(24)35)23-18-9-3-5-11-21(18)34-12-6-7-16(13-22(23)34)15-39-40(37,38)28(29,30)31/h2-5,8-11,14,16H,6-7,12-13,15H2,1H3,(H,32,35,36). The lowest BCUT2D eigenvalue weighted by Gasteiger charge is -2.16. The Balaban J connectivity index is 1.54. The molecule has 2 aliphatic heterocycles. The molecule has 0 saturated heterocycles. The highest BCUT2D eigenvalue weighted by atomic mass is 32.2. The molecule has 6 rings (SSSR count). The Bertz CT molecular complexity index is 1850. The number of imide groups is 1. The maximum Gasteiger partial charge on any atom is 0.523 e. The summed E-state index contributed by atoms with van der Waals surface area (Å²) < 4.78 is 70.2. The number of carbonyl (C=O) groups is 2. The van der Waals surface area contributed by atoms with Gasteiger partial charge in [-0.15, -0.1) is 0 Å². The Kier molecular flexibility index (Phi) is 6.15. The van der Waals surface area contributed by atoms with Gasteiger partial charge < -0.3 is 9.13 Å². The highest BCUT2D eigenvalue weighted by Gasteiger charge is 2.47. The zero-order valence-electron chi connectivity index (χ0n) is 21.3. The van der Waals surface area contributed by atoms with E-state index in [1.54, 1.807) is 6.20 Å². The molecule has 4 aromatic rings. The summed E-state index contributed by atoms with van der Waals surface area (Å²) in [6.07, 6.45) is 2.94. The van der Waals surface area contributed by atoms with E-state index in [0.717, 1.165) is 21.8 Å². The number of fused-ring (bicyclic) bond motifs is 4. The van der Waals surface area contributed by atoms with Crippen LogP contribution in [0.4, 0.5) is 13.2 Å². The smallest absolute Gasteiger partial charge is 0.350 e. The van der Waals surface area contributed by atoms with Crippen LogP contribution in [0.5, 0.6) is 0 Å². The Labute approximate surface area is 227 Å². The molecule has 0 saturated carbocycles. The minimum Gasteiger partial charge on any atom is -0.350 e. The highest BCUT2D eigenvalue weighted by molar-refractivity contribution is 7.87. The van der Waals surface area contributed by atoms with Crippen LogP contribution in [0.1, 0.15) is 29.7 Å². The van der Waals surface area contributed by atoms with E-state index in [-0.39, 0.29) is 17.6 Å². The number of aromatic nitrogens is 2. The lowest BCUT2D eigenvalue weighted by molar-refractivity contribution is -0.122. The Hall–Kier alpha value is -3.90. The molecule has 4 heterocycles. The maximum atomic E-state index is 13.4. The number of carbonyl (C=O) groups excluding carboxylic acids is 2. The second-order valence-corrected chi connectivity index (χ2v) is 11.7. The van der Waals surface area contributed by atoms with Crippen LogP contribution in [0.25, 0.3) is 33.0 Å². The number of hydrogen-bond acceptors (Lipinski definition) is 5. The van der Waals surface area contributed by atoms with Crippen LogP contribution in [0, 0.1) is 5.92 Å². The van der Waals surface area contributed by atoms with Crippen LogP contribution in [-0.2, 0) is 43.9 Å². The molecule has 208 valence electrons. The average molecular weight is 572 g/mol. The molecule has 2 amide bonds. The van der Waals surface area contributed by atoms with E-state index in [9.17, 15) is 31.2 Å². The van der Waals surface area contributed by atoms with Crippen molar-refractivity contribution in [3.8, 4) is 0 Å². The minimum atomic E-state index is -5.74. The van der Waals surface area contributed by atoms with Crippen LogP contribution in [-0.4, -0.2) is 41.5 Å². The second kappa shape index (κ2) is 9.34. The van der Waals surface area contributed by atoms with Crippen molar-refractivity contribution in [1.29, 1.82) is 0 Å². The summed E-state index contributed by atoms with van der Waals surface area (Å²) in [6, 6.07) is 14.9. The predicted molar refractivity (Wildman–Crippen MR) is 142 cm³/mol. The van der Waals surface area contributed by atoms with Crippen molar-refractivity contribution >= 4 is 54.9 Å². The number of nitrogens with zero attached hydrogens (tertiary/aromatic N) is 2. The zero-order valence-corrected chi connectivity index (χ0v) is 22.1. The van der Waals surface area contributed by atoms with Gasteiger partial charge in [0.2, 0.25) is 0 Å². The minimum absolute atomic E-state index is 0.158. The lowest BCUT2D eigenvalue weighted by Crippen LogP contribution is -2.28. The van der Waals surface area contributed by atoms with E-state index in [2.05, 4.69) is 9.50 Å². The van der Waals surface area contributed by atoms with Gasteiger partial charge in [0, 0.05) is 58.4 Å². The first-order valence-corrected chi connectivity index (χ1v) is 14.1. The second-order valence-electron chi connectivity index (χ2n) is 10.1. The van der Waals surface area contributed by atoms with Crippen LogP contribution in [0.3, 0.4) is 0 Å². The fourth-order valence-corrected chi connectivity index (χ4v) is 6.41. The number of nitrogens with one attached hydrogen (secondary N) is 1. The van der Waals surface area contributed by atoms with E-state index < -0.39 is 40.0 Å². The van der Waals surface area contributed by atoms with Crippen molar-refractivity contribution in [2.24, 2.45) is 13.0 Å². The van der Waals surface area contributed by atoms with Gasteiger partial charge in [0.05, 0.1) is 17.8 Å². The maximum absolute atomic E-state index is 13.4. The average Bonchev–Trinajstić information content (AvgIpc) is 3.42. The van der Waals surface area contributed by atoms with Crippen molar-refractivity contribution < 1.29 is 35.4 Å². The molecule has 1 atom stereocenters. The van der Waals surface area contributed by atoms with Gasteiger partial charge in [-0.2, -0.15) is 21.6 Å². The third-order valence-corrected chi connectivity index (χ3v) is 8.66. The lowest BCUT2D eigenvalue weighted by atomic mass is 9.91. The number of amides is 2. The number of rotatable bonds is 5. The van der Waals surface area contributed by atoms with E-state index >= 15 is 0 Å². The number of halogens is 3. The van der Waals surface area contributed by atoms with Crippen molar-refractivity contribution in [3.63, 3.8) is 0 Å². The van der Waals surface area contributed by atoms with Crippen LogP contribution < -0.4 is 5.32 Å². The van der Waals surface area contributed by atoms with Gasteiger partial charge >= 0.3 is 15.6 Å². The van der Waals surface area contributed by atoms with Crippen LogP contribution >= 0.6 is 0 Å². The topological polar surface area (TPSA) is 99.4 Å². The summed E-state index contributed by atoms with van der Waals surface area (Å²) in [6.45, 7) is -0.145. The van der Waals surface area contributed by atoms with E-state index in [4.69, 9.17) is 0 Å². The number of alkyl halides is 3. The monoisotopic (exact) mass is 571 g/mol. The summed E-state index contributed by atoms with van der Waals surface area (Å²) in [5, 5.41) is 3.95. The first kappa shape index (κ1) is 26.3. The molecule has 0 radical (unpaired) electrons. The molecule has 0 spiro atoms. The molecular formula is C28H24F3N3O5S. The van der Waals surface area contributed by atoms with Crippen molar-refractivity contribution in [2.75, 3.05) is 6.61 Å². The third-order valence-electron chi connectivity index (χ3n) is 7.64. The van der Waals surface area contributed by atoms with Gasteiger partial charge in [0.1, 0.15) is 0 Å². The van der Waals surface area contributed by atoms with Crippen LogP contribution in [0.2, 0.25) is 0 Å². The summed E-state index contributed by atoms with van der Waals surface area (Å²) in [4.78, 5) is 26.7. The summed E-state index contributed by atoms with van der Waals surface area (Å²) in [5.41, 5.74) is -1.66. The molecule has 0 fully saturated rings. The van der Waals surface area contributed by atoms with Crippen molar-refractivity contribution in [2.45, 2.75) is 31.3 Å². The van der Waals surface area contributed by atoms with E-state index in [1.165, 1.54) is 0 Å².